The Balaban J connectivity index is 1.98. The Morgan fingerprint density at radius 2 is 2.18 bits per heavy atom. The average molecular weight is 327 g/mol. The quantitative estimate of drug-likeness (QED) is 0.921. The van der Waals surface area contributed by atoms with Crippen LogP contribution in [0.5, 0.6) is 0 Å². The number of carboxylic acids is 1. The van der Waals surface area contributed by atoms with Crippen molar-refractivity contribution in [3.8, 4) is 0 Å². The second-order valence-electron chi connectivity index (χ2n) is 6.26. The average Bonchev–Trinajstić information content (AvgIpc) is 2.99. The van der Waals surface area contributed by atoms with Gasteiger partial charge in [-0.3, -0.25) is 4.79 Å². The van der Waals surface area contributed by atoms with Gasteiger partial charge in [0, 0.05) is 13.1 Å². The summed E-state index contributed by atoms with van der Waals surface area (Å²) in [6.07, 6.45) is 2.03. The van der Waals surface area contributed by atoms with Crippen LogP contribution >= 0.6 is 0 Å². The van der Waals surface area contributed by atoms with Crippen molar-refractivity contribution in [2.45, 2.75) is 31.1 Å². The minimum Gasteiger partial charge on any atom is -0.481 e. The minimum atomic E-state index is -3.88. The predicted octanol–water partition coefficient (Wildman–Crippen LogP) is 2.01. The van der Waals surface area contributed by atoms with Crippen LogP contribution in [-0.4, -0.2) is 36.9 Å². The minimum absolute atomic E-state index is 0.0225. The number of aryl methyl sites for hydroxylation is 1. The van der Waals surface area contributed by atoms with E-state index in [1.54, 1.807) is 6.92 Å². The maximum absolute atomic E-state index is 13.4. The molecule has 0 bridgehead atoms. The van der Waals surface area contributed by atoms with E-state index in [1.165, 1.54) is 16.4 Å². The van der Waals surface area contributed by atoms with Crippen molar-refractivity contribution >= 4 is 16.0 Å². The van der Waals surface area contributed by atoms with Gasteiger partial charge < -0.3 is 5.11 Å². The predicted molar refractivity (Wildman–Crippen MR) is 77.3 cm³/mol. The van der Waals surface area contributed by atoms with E-state index >= 15 is 0 Å². The van der Waals surface area contributed by atoms with Crippen molar-refractivity contribution in [1.82, 2.24) is 4.31 Å². The molecular formula is C15H18FNO4S. The number of benzene rings is 1. The maximum Gasteiger partial charge on any atom is 0.311 e. The van der Waals surface area contributed by atoms with Crippen LogP contribution in [0.2, 0.25) is 0 Å². The van der Waals surface area contributed by atoms with E-state index < -0.39 is 27.2 Å². The molecule has 1 heterocycles. The summed E-state index contributed by atoms with van der Waals surface area (Å²) in [6, 6.07) is 3.64. The van der Waals surface area contributed by atoms with E-state index in [9.17, 15) is 22.7 Å². The lowest BCUT2D eigenvalue weighted by molar-refractivity contribution is -0.149. The van der Waals surface area contributed by atoms with E-state index in [4.69, 9.17) is 0 Å². The van der Waals surface area contributed by atoms with Crippen molar-refractivity contribution in [3.63, 3.8) is 0 Å². The first kappa shape index (κ1) is 15.4. The third-order valence-electron chi connectivity index (χ3n) is 5.03. The van der Waals surface area contributed by atoms with E-state index in [0.29, 0.717) is 12.0 Å². The molecular weight excluding hydrogens is 309 g/mol. The first-order valence-electron chi connectivity index (χ1n) is 7.27. The number of carbonyl (C=O) groups is 1. The molecule has 1 aliphatic heterocycles. The maximum atomic E-state index is 13.4. The van der Waals surface area contributed by atoms with Crippen LogP contribution in [0.25, 0.3) is 0 Å². The SMILES string of the molecule is Cc1ccc(F)cc1S(=O)(=O)N1C[C@@H]2CCC[C@@]2(C(=O)O)C1. The molecule has 5 nitrogen and oxygen atoms in total. The van der Waals surface area contributed by atoms with Gasteiger partial charge in [-0.2, -0.15) is 4.31 Å². The Labute approximate surface area is 128 Å². The van der Waals surface area contributed by atoms with Crippen LogP contribution in [0.3, 0.4) is 0 Å². The van der Waals surface area contributed by atoms with Gasteiger partial charge in [-0.1, -0.05) is 12.5 Å². The molecule has 2 atom stereocenters. The summed E-state index contributed by atoms with van der Waals surface area (Å²) in [5.74, 6) is -1.70. The second kappa shape index (κ2) is 5.03. The highest BCUT2D eigenvalue weighted by molar-refractivity contribution is 7.89. The summed E-state index contributed by atoms with van der Waals surface area (Å²) in [5, 5.41) is 9.55. The van der Waals surface area contributed by atoms with Gasteiger partial charge in [0.05, 0.1) is 10.3 Å². The largest absolute Gasteiger partial charge is 0.481 e. The standard InChI is InChI=1S/C15H18FNO4S/c1-10-4-5-12(16)7-13(10)22(20,21)17-8-11-3-2-6-15(11,9-17)14(18)19/h4-5,7,11H,2-3,6,8-9H2,1H3,(H,18,19)/t11-,15+/m0/s1. The molecule has 1 saturated carbocycles. The van der Waals surface area contributed by atoms with Crippen molar-refractivity contribution in [2.75, 3.05) is 13.1 Å². The summed E-state index contributed by atoms with van der Waals surface area (Å²) in [6.45, 7) is 1.78. The fraction of sp³-hybridized carbons (Fsp3) is 0.533. The highest BCUT2D eigenvalue weighted by atomic mass is 32.2. The molecule has 1 N–H and O–H groups in total. The van der Waals surface area contributed by atoms with E-state index in [0.717, 1.165) is 18.9 Å². The Morgan fingerprint density at radius 3 is 2.82 bits per heavy atom. The molecule has 0 spiro atoms. The summed E-state index contributed by atoms with van der Waals surface area (Å²) in [4.78, 5) is 11.6. The number of nitrogens with zero attached hydrogens (tertiary/aromatic N) is 1. The van der Waals surface area contributed by atoms with Crippen LogP contribution in [0, 0.1) is 24.1 Å². The molecule has 0 amide bonds. The zero-order valence-corrected chi connectivity index (χ0v) is 13.1. The Bertz CT molecular complexity index is 733. The van der Waals surface area contributed by atoms with Crippen LogP contribution < -0.4 is 0 Å². The van der Waals surface area contributed by atoms with E-state index in [-0.39, 0.29) is 23.9 Å². The number of carboxylic acid groups (broad SMARTS) is 1. The first-order chi connectivity index (χ1) is 10.3. The summed E-state index contributed by atoms with van der Waals surface area (Å²) in [5.41, 5.74) is -0.517. The topological polar surface area (TPSA) is 74.7 Å². The van der Waals surface area contributed by atoms with Gasteiger partial charge >= 0.3 is 5.97 Å². The molecule has 2 fully saturated rings. The fourth-order valence-corrected chi connectivity index (χ4v) is 5.56. The third-order valence-corrected chi connectivity index (χ3v) is 6.99. The molecule has 2 aliphatic rings. The van der Waals surface area contributed by atoms with E-state index in [1.807, 2.05) is 0 Å². The smallest absolute Gasteiger partial charge is 0.311 e. The summed E-state index contributed by atoms with van der Waals surface area (Å²) >= 11 is 0. The highest BCUT2D eigenvalue weighted by Crippen LogP contribution is 2.50. The number of aliphatic carboxylic acids is 1. The van der Waals surface area contributed by atoms with E-state index in [2.05, 4.69) is 0 Å². The van der Waals surface area contributed by atoms with Crippen molar-refractivity contribution < 1.29 is 22.7 Å². The van der Waals surface area contributed by atoms with Crippen molar-refractivity contribution in [3.05, 3.63) is 29.6 Å². The Kier molecular flexibility index (Phi) is 3.52. The number of hydrogen-bond acceptors (Lipinski definition) is 3. The molecule has 1 aromatic carbocycles. The third kappa shape index (κ3) is 2.14. The molecule has 120 valence electrons. The number of rotatable bonds is 3. The second-order valence-corrected chi connectivity index (χ2v) is 8.16. The Hall–Kier alpha value is -1.47. The molecule has 0 aromatic heterocycles. The van der Waals surface area contributed by atoms with Gasteiger partial charge in [-0.05, 0) is 43.4 Å². The van der Waals surface area contributed by atoms with Gasteiger partial charge in [0.15, 0.2) is 0 Å². The van der Waals surface area contributed by atoms with Crippen molar-refractivity contribution in [1.29, 1.82) is 0 Å². The molecule has 3 rings (SSSR count). The molecule has 1 saturated heterocycles. The zero-order valence-electron chi connectivity index (χ0n) is 12.3. The first-order valence-corrected chi connectivity index (χ1v) is 8.71. The molecule has 1 aromatic rings. The lowest BCUT2D eigenvalue weighted by atomic mass is 9.81. The monoisotopic (exact) mass is 327 g/mol. The fourth-order valence-electron chi connectivity index (χ4n) is 3.77. The van der Waals surface area contributed by atoms with Gasteiger partial charge in [0.1, 0.15) is 5.82 Å². The Morgan fingerprint density at radius 1 is 1.45 bits per heavy atom. The van der Waals surface area contributed by atoms with Gasteiger partial charge in [0.2, 0.25) is 10.0 Å². The molecule has 22 heavy (non-hydrogen) atoms. The lowest BCUT2D eigenvalue weighted by Crippen LogP contribution is -2.37. The van der Waals surface area contributed by atoms with Gasteiger partial charge in [0.25, 0.3) is 0 Å². The highest BCUT2D eigenvalue weighted by Gasteiger charge is 2.57. The number of fused-ring (bicyclic) bond motifs is 1. The lowest BCUT2D eigenvalue weighted by Gasteiger charge is -2.23. The number of halogens is 1. The number of sulfonamides is 1. The summed E-state index contributed by atoms with van der Waals surface area (Å²) in [7, 11) is -3.88. The van der Waals surface area contributed by atoms with Crippen molar-refractivity contribution in [2.24, 2.45) is 11.3 Å². The number of hydrogen-bond donors (Lipinski definition) is 1. The van der Waals surface area contributed by atoms with Gasteiger partial charge in [-0.15, -0.1) is 0 Å². The summed E-state index contributed by atoms with van der Waals surface area (Å²) < 4.78 is 40.2. The normalized spacial score (nSPS) is 28.7. The van der Waals surface area contributed by atoms with Crippen LogP contribution in [0.4, 0.5) is 4.39 Å². The van der Waals surface area contributed by atoms with Gasteiger partial charge in [-0.25, -0.2) is 12.8 Å². The molecule has 7 heteroatoms. The van der Waals surface area contributed by atoms with Crippen LogP contribution in [0.15, 0.2) is 23.1 Å². The molecule has 1 aliphatic carbocycles. The zero-order chi connectivity index (χ0) is 16.1. The van der Waals surface area contributed by atoms with Crippen LogP contribution in [-0.2, 0) is 14.8 Å². The van der Waals surface area contributed by atoms with Crippen LogP contribution in [0.1, 0.15) is 24.8 Å². The molecule has 0 radical (unpaired) electrons. The molecule has 0 unspecified atom stereocenters.